The highest BCUT2D eigenvalue weighted by Crippen LogP contribution is 2.27. The minimum Gasteiger partial charge on any atom is -0.375 e. The molecule has 1 saturated carbocycles. The van der Waals surface area contributed by atoms with E-state index in [0.29, 0.717) is 18.0 Å². The maximum Gasteiger partial charge on any atom is 0.160 e. The molecule has 2 N–H and O–H groups in total. The van der Waals surface area contributed by atoms with Crippen LogP contribution < -0.4 is 5.32 Å². The molecular weight excluding hydrogens is 345 g/mol. The van der Waals surface area contributed by atoms with Gasteiger partial charge in [0.05, 0.1) is 23.8 Å². The Morgan fingerprint density at radius 1 is 1.22 bits per heavy atom. The molecule has 0 spiro atoms. The van der Waals surface area contributed by atoms with Gasteiger partial charge in [-0.25, -0.2) is 14.4 Å². The molecular formula is C20H24FN5O. The molecule has 0 aliphatic heterocycles. The monoisotopic (exact) mass is 369 g/mol. The number of nitrogens with one attached hydrogen (secondary N) is 2. The number of aromatic amines is 1. The molecule has 1 atom stereocenters. The Balaban J connectivity index is 1.27. The smallest absolute Gasteiger partial charge is 0.160 e. The fourth-order valence-corrected chi connectivity index (χ4v) is 3.77. The van der Waals surface area contributed by atoms with E-state index in [9.17, 15) is 4.39 Å². The van der Waals surface area contributed by atoms with Crippen molar-refractivity contribution in [3.05, 3.63) is 48.2 Å². The maximum atomic E-state index is 13.8. The number of rotatable bonds is 6. The Morgan fingerprint density at radius 3 is 2.85 bits per heavy atom. The van der Waals surface area contributed by atoms with Crippen LogP contribution in [0.2, 0.25) is 0 Å². The van der Waals surface area contributed by atoms with Crippen molar-refractivity contribution in [3.8, 4) is 0 Å². The topological polar surface area (TPSA) is 75.7 Å². The van der Waals surface area contributed by atoms with Crippen LogP contribution in [0.4, 0.5) is 10.2 Å². The van der Waals surface area contributed by atoms with Gasteiger partial charge >= 0.3 is 0 Å². The zero-order valence-corrected chi connectivity index (χ0v) is 15.4. The van der Waals surface area contributed by atoms with Crippen LogP contribution in [0.1, 0.15) is 38.2 Å². The summed E-state index contributed by atoms with van der Waals surface area (Å²) >= 11 is 0. The summed E-state index contributed by atoms with van der Waals surface area (Å²) in [6.07, 6.45) is 8.12. The minimum atomic E-state index is -0.156. The summed E-state index contributed by atoms with van der Waals surface area (Å²) in [5.41, 5.74) is 1.46. The number of anilines is 1. The Bertz CT molecular complexity index is 891. The van der Waals surface area contributed by atoms with E-state index in [-0.39, 0.29) is 18.0 Å². The molecule has 0 bridgehead atoms. The van der Waals surface area contributed by atoms with Gasteiger partial charge < -0.3 is 10.1 Å². The molecule has 142 valence electrons. The lowest BCUT2D eigenvalue weighted by molar-refractivity contribution is -0.0219. The number of hydrogen-bond acceptors (Lipinski definition) is 5. The molecule has 1 unspecified atom stereocenters. The lowest BCUT2D eigenvalue weighted by Crippen LogP contribution is -2.32. The van der Waals surface area contributed by atoms with Gasteiger partial charge in [-0.05, 0) is 44.2 Å². The fourth-order valence-electron chi connectivity index (χ4n) is 3.77. The van der Waals surface area contributed by atoms with Crippen molar-refractivity contribution in [3.63, 3.8) is 0 Å². The second-order valence-corrected chi connectivity index (χ2v) is 7.21. The largest absolute Gasteiger partial charge is 0.375 e. The van der Waals surface area contributed by atoms with Gasteiger partial charge in [0, 0.05) is 12.5 Å². The highest BCUT2D eigenvalue weighted by Gasteiger charge is 2.24. The predicted molar refractivity (Wildman–Crippen MR) is 102 cm³/mol. The van der Waals surface area contributed by atoms with E-state index in [4.69, 9.17) is 4.74 Å². The number of fused-ring (bicyclic) bond motifs is 1. The van der Waals surface area contributed by atoms with Crippen molar-refractivity contribution in [2.24, 2.45) is 0 Å². The summed E-state index contributed by atoms with van der Waals surface area (Å²) in [6.45, 7) is 2.02. The van der Waals surface area contributed by atoms with Crippen molar-refractivity contribution in [2.75, 3.05) is 5.32 Å². The van der Waals surface area contributed by atoms with E-state index in [2.05, 4.69) is 25.5 Å². The normalized spacial score (nSPS) is 21.3. The number of hydrogen-bond donors (Lipinski definition) is 2. The van der Waals surface area contributed by atoms with Gasteiger partial charge in [-0.1, -0.05) is 18.2 Å². The molecule has 1 aliphatic rings. The van der Waals surface area contributed by atoms with Gasteiger partial charge in [0.2, 0.25) is 0 Å². The van der Waals surface area contributed by atoms with Gasteiger partial charge in [-0.3, -0.25) is 5.10 Å². The van der Waals surface area contributed by atoms with Crippen molar-refractivity contribution >= 4 is 16.9 Å². The van der Waals surface area contributed by atoms with E-state index in [1.54, 1.807) is 18.6 Å². The van der Waals surface area contributed by atoms with Gasteiger partial charge in [-0.2, -0.15) is 5.10 Å². The van der Waals surface area contributed by atoms with Crippen LogP contribution in [0.5, 0.6) is 0 Å². The first-order valence-corrected chi connectivity index (χ1v) is 9.48. The molecule has 1 fully saturated rings. The third-order valence-electron chi connectivity index (χ3n) is 5.15. The number of halogens is 1. The van der Waals surface area contributed by atoms with Crippen LogP contribution in [-0.4, -0.2) is 38.4 Å². The van der Waals surface area contributed by atoms with E-state index in [1.807, 2.05) is 19.1 Å². The van der Waals surface area contributed by atoms with Crippen LogP contribution in [-0.2, 0) is 11.2 Å². The number of aromatic nitrogens is 4. The molecule has 6 nitrogen and oxygen atoms in total. The Labute approximate surface area is 157 Å². The summed E-state index contributed by atoms with van der Waals surface area (Å²) in [5.74, 6) is 0.669. The Kier molecular flexibility index (Phi) is 5.29. The van der Waals surface area contributed by atoms with Crippen molar-refractivity contribution in [2.45, 2.75) is 57.3 Å². The summed E-state index contributed by atoms with van der Waals surface area (Å²) in [4.78, 5) is 8.51. The van der Waals surface area contributed by atoms with E-state index in [0.717, 1.165) is 42.5 Å². The third-order valence-corrected chi connectivity index (χ3v) is 5.15. The second kappa shape index (κ2) is 8.00. The van der Waals surface area contributed by atoms with Crippen LogP contribution in [0.25, 0.3) is 11.0 Å². The van der Waals surface area contributed by atoms with Crippen molar-refractivity contribution in [1.82, 2.24) is 20.2 Å². The minimum absolute atomic E-state index is 0.00355. The van der Waals surface area contributed by atoms with E-state index in [1.165, 1.54) is 6.07 Å². The lowest BCUT2D eigenvalue weighted by atomic mass is 9.92. The summed E-state index contributed by atoms with van der Waals surface area (Å²) in [7, 11) is 0. The number of benzene rings is 1. The molecule has 0 amide bonds. The zero-order chi connectivity index (χ0) is 18.6. The first kappa shape index (κ1) is 17.9. The van der Waals surface area contributed by atoms with Crippen molar-refractivity contribution in [1.29, 1.82) is 0 Å². The molecule has 0 radical (unpaired) electrons. The third kappa shape index (κ3) is 4.24. The average Bonchev–Trinajstić information content (AvgIpc) is 3.15. The summed E-state index contributed by atoms with van der Waals surface area (Å²) in [5, 5.41) is 11.3. The van der Waals surface area contributed by atoms with Gasteiger partial charge in [0.1, 0.15) is 18.0 Å². The molecule has 7 heteroatoms. The fraction of sp³-hybridized carbons (Fsp3) is 0.450. The Morgan fingerprint density at radius 2 is 2.04 bits per heavy atom. The molecule has 0 saturated heterocycles. The first-order chi connectivity index (χ1) is 13.2. The van der Waals surface area contributed by atoms with Crippen LogP contribution in [0.3, 0.4) is 0 Å². The SMILES string of the molecule is CC(Cc1ccccc1F)O[C@H]1CC[C@H](Nc2ncnc3[nH]ncc23)CC1. The predicted octanol–water partition coefficient (Wildman–Crippen LogP) is 3.86. The zero-order valence-electron chi connectivity index (χ0n) is 15.4. The number of H-pyrrole nitrogens is 1. The molecule has 2 heterocycles. The van der Waals surface area contributed by atoms with Crippen LogP contribution in [0, 0.1) is 5.82 Å². The number of ether oxygens (including phenoxy) is 1. The summed E-state index contributed by atoms with van der Waals surface area (Å²) < 4.78 is 20.0. The molecule has 1 aliphatic carbocycles. The molecule has 3 aromatic rings. The molecule has 1 aromatic carbocycles. The van der Waals surface area contributed by atoms with E-state index >= 15 is 0 Å². The van der Waals surface area contributed by atoms with Gasteiger partial charge in [0.25, 0.3) is 0 Å². The quantitative estimate of drug-likeness (QED) is 0.690. The Hall–Kier alpha value is -2.54. The van der Waals surface area contributed by atoms with Crippen molar-refractivity contribution < 1.29 is 9.13 Å². The lowest BCUT2D eigenvalue weighted by Gasteiger charge is -2.31. The van der Waals surface area contributed by atoms with Gasteiger partial charge in [0.15, 0.2) is 5.65 Å². The highest BCUT2D eigenvalue weighted by atomic mass is 19.1. The van der Waals surface area contributed by atoms with Gasteiger partial charge in [-0.15, -0.1) is 0 Å². The first-order valence-electron chi connectivity index (χ1n) is 9.48. The molecule has 27 heavy (non-hydrogen) atoms. The molecule has 4 rings (SSSR count). The number of nitrogens with zero attached hydrogens (tertiary/aromatic N) is 3. The molecule has 2 aromatic heterocycles. The van der Waals surface area contributed by atoms with E-state index < -0.39 is 0 Å². The van der Waals surface area contributed by atoms with Crippen LogP contribution >= 0.6 is 0 Å². The highest BCUT2D eigenvalue weighted by molar-refractivity contribution is 5.85. The second-order valence-electron chi connectivity index (χ2n) is 7.21. The maximum absolute atomic E-state index is 13.8. The summed E-state index contributed by atoms with van der Waals surface area (Å²) in [6, 6.07) is 7.27. The average molecular weight is 369 g/mol. The van der Waals surface area contributed by atoms with Crippen LogP contribution in [0.15, 0.2) is 36.8 Å². The standard InChI is InChI=1S/C20H24FN5O/c1-13(10-14-4-2-3-5-18(14)21)27-16-8-6-15(7-9-16)25-19-17-11-24-26-20(17)23-12-22-19/h2-5,11-13,15-16H,6-10H2,1H3,(H2,22,23,24,25,26)/t13?,15-,16-.